The second kappa shape index (κ2) is 7.95. The van der Waals surface area contributed by atoms with E-state index in [1.54, 1.807) is 29.9 Å². The summed E-state index contributed by atoms with van der Waals surface area (Å²) in [5.74, 6) is 1.47. The second-order valence-electron chi connectivity index (χ2n) is 7.80. The molecule has 3 heterocycles. The highest BCUT2D eigenvalue weighted by atomic mass is 16.7. The molecule has 1 unspecified atom stereocenters. The molecule has 33 heavy (non-hydrogen) atoms. The van der Waals surface area contributed by atoms with E-state index >= 15 is 0 Å². The molecule has 0 spiro atoms. The minimum Gasteiger partial charge on any atom is -0.496 e. The van der Waals surface area contributed by atoms with Crippen molar-refractivity contribution in [2.45, 2.75) is 19.4 Å². The summed E-state index contributed by atoms with van der Waals surface area (Å²) in [6.45, 7) is 2.25. The van der Waals surface area contributed by atoms with Crippen LogP contribution in [0, 0.1) is 18.3 Å². The molecule has 0 saturated carbocycles. The van der Waals surface area contributed by atoms with E-state index in [9.17, 15) is 10.1 Å². The SMILES string of the molecule is COc1ccccc1Cn1c(C)cc2c(c1=O)C(c1ccc3c(c1)OCO3)C(C#N)=C(N)O2. The van der Waals surface area contributed by atoms with E-state index in [2.05, 4.69) is 6.07 Å². The molecular formula is C25H21N3O5. The van der Waals surface area contributed by atoms with Crippen LogP contribution in [0.2, 0.25) is 0 Å². The van der Waals surface area contributed by atoms with Crippen LogP contribution in [0.1, 0.15) is 28.3 Å². The van der Waals surface area contributed by atoms with Crippen molar-refractivity contribution in [3.8, 4) is 29.1 Å². The number of nitrogens with two attached hydrogens (primary N) is 1. The molecule has 0 bridgehead atoms. The predicted octanol–water partition coefficient (Wildman–Crippen LogP) is 3.16. The van der Waals surface area contributed by atoms with Gasteiger partial charge < -0.3 is 29.2 Å². The molecule has 0 radical (unpaired) electrons. The summed E-state index contributed by atoms with van der Waals surface area (Å²) in [6, 6.07) is 16.8. The van der Waals surface area contributed by atoms with Crippen LogP contribution in [-0.4, -0.2) is 18.5 Å². The fraction of sp³-hybridized carbons (Fsp3) is 0.200. The number of methoxy groups -OCH3 is 1. The average molecular weight is 443 g/mol. The first-order chi connectivity index (χ1) is 16.0. The molecule has 8 heteroatoms. The third kappa shape index (κ3) is 3.34. The maximum Gasteiger partial charge on any atom is 0.259 e. The molecule has 2 aromatic carbocycles. The number of aryl methyl sites for hydroxylation is 1. The highest BCUT2D eigenvalue weighted by Crippen LogP contribution is 2.43. The van der Waals surface area contributed by atoms with Crippen LogP contribution in [-0.2, 0) is 6.54 Å². The number of benzene rings is 2. The number of hydrogen-bond acceptors (Lipinski definition) is 7. The van der Waals surface area contributed by atoms with Crippen LogP contribution in [0.15, 0.2) is 64.8 Å². The lowest BCUT2D eigenvalue weighted by Crippen LogP contribution is -2.33. The van der Waals surface area contributed by atoms with Gasteiger partial charge in [0.15, 0.2) is 11.5 Å². The van der Waals surface area contributed by atoms with Gasteiger partial charge in [-0.3, -0.25) is 4.79 Å². The lowest BCUT2D eigenvalue weighted by atomic mass is 9.84. The van der Waals surface area contributed by atoms with Crippen LogP contribution >= 0.6 is 0 Å². The minimum absolute atomic E-state index is 0.0195. The third-order valence-electron chi connectivity index (χ3n) is 5.94. The molecule has 0 saturated heterocycles. The smallest absolute Gasteiger partial charge is 0.259 e. The number of nitriles is 1. The zero-order valence-electron chi connectivity index (χ0n) is 18.1. The van der Waals surface area contributed by atoms with E-state index in [4.69, 9.17) is 24.7 Å². The van der Waals surface area contributed by atoms with Gasteiger partial charge >= 0.3 is 0 Å². The van der Waals surface area contributed by atoms with E-state index in [1.807, 2.05) is 37.3 Å². The molecule has 3 aromatic rings. The van der Waals surface area contributed by atoms with Gasteiger partial charge in [-0.2, -0.15) is 5.26 Å². The molecule has 2 aliphatic rings. The van der Waals surface area contributed by atoms with Crippen molar-refractivity contribution in [2.24, 2.45) is 5.73 Å². The molecule has 2 N–H and O–H groups in total. The lowest BCUT2D eigenvalue weighted by Gasteiger charge is -2.27. The Morgan fingerprint density at radius 1 is 1.15 bits per heavy atom. The number of nitrogens with zero attached hydrogens (tertiary/aromatic N) is 2. The van der Waals surface area contributed by atoms with E-state index in [0.29, 0.717) is 46.4 Å². The molecule has 2 aliphatic heterocycles. The number of pyridine rings is 1. The molecule has 5 rings (SSSR count). The Morgan fingerprint density at radius 2 is 1.94 bits per heavy atom. The van der Waals surface area contributed by atoms with Gasteiger partial charge in [0.05, 0.1) is 25.1 Å². The van der Waals surface area contributed by atoms with Crippen molar-refractivity contribution < 1.29 is 18.9 Å². The number of rotatable bonds is 4. The van der Waals surface area contributed by atoms with Gasteiger partial charge in [0.2, 0.25) is 12.7 Å². The number of hydrogen-bond donors (Lipinski definition) is 1. The molecule has 8 nitrogen and oxygen atoms in total. The van der Waals surface area contributed by atoms with Crippen LogP contribution in [0.3, 0.4) is 0 Å². The quantitative estimate of drug-likeness (QED) is 0.660. The lowest BCUT2D eigenvalue weighted by molar-refractivity contribution is 0.174. The molecule has 1 atom stereocenters. The van der Waals surface area contributed by atoms with Gasteiger partial charge in [-0.1, -0.05) is 24.3 Å². The van der Waals surface area contributed by atoms with Crippen LogP contribution in [0.4, 0.5) is 0 Å². The third-order valence-corrected chi connectivity index (χ3v) is 5.94. The van der Waals surface area contributed by atoms with Crippen LogP contribution in [0.5, 0.6) is 23.0 Å². The first-order valence-corrected chi connectivity index (χ1v) is 10.3. The first kappa shape index (κ1) is 20.5. The number of aromatic nitrogens is 1. The molecular weight excluding hydrogens is 422 g/mol. The van der Waals surface area contributed by atoms with Gasteiger partial charge in [-0.05, 0) is 30.7 Å². The summed E-state index contributed by atoms with van der Waals surface area (Å²) in [5, 5.41) is 9.88. The fourth-order valence-electron chi connectivity index (χ4n) is 4.31. The molecule has 0 fully saturated rings. The number of para-hydroxylation sites is 1. The Hall–Kier alpha value is -4.38. The summed E-state index contributed by atoms with van der Waals surface area (Å²) in [6.07, 6.45) is 0. The van der Waals surface area contributed by atoms with E-state index in [-0.39, 0.29) is 23.8 Å². The topological polar surface area (TPSA) is 109 Å². The summed E-state index contributed by atoms with van der Waals surface area (Å²) in [7, 11) is 1.59. The van der Waals surface area contributed by atoms with Gasteiger partial charge in [0, 0.05) is 17.3 Å². The largest absolute Gasteiger partial charge is 0.496 e. The number of fused-ring (bicyclic) bond motifs is 2. The monoisotopic (exact) mass is 443 g/mol. The minimum atomic E-state index is -0.703. The number of ether oxygens (including phenoxy) is 4. The van der Waals surface area contributed by atoms with Gasteiger partial charge in [0.1, 0.15) is 23.1 Å². The summed E-state index contributed by atoms with van der Waals surface area (Å²) in [5.41, 5.74) is 8.60. The van der Waals surface area contributed by atoms with Crippen molar-refractivity contribution >= 4 is 0 Å². The standard InChI is InChI=1S/C25H21N3O5/c1-14-9-21-23(25(29)28(14)12-16-5-3-4-6-18(16)30-2)22(17(11-26)24(27)33-21)15-7-8-19-20(10-15)32-13-31-19/h3-10,22H,12-13,27H2,1-2H3. The maximum atomic E-state index is 13.8. The van der Waals surface area contributed by atoms with Gasteiger partial charge in [0.25, 0.3) is 5.56 Å². The van der Waals surface area contributed by atoms with Gasteiger partial charge in [-0.25, -0.2) is 0 Å². The highest BCUT2D eigenvalue weighted by molar-refractivity contribution is 5.58. The number of allylic oxidation sites excluding steroid dienone is 1. The van der Waals surface area contributed by atoms with Crippen LogP contribution < -0.4 is 30.2 Å². The van der Waals surface area contributed by atoms with E-state index in [0.717, 1.165) is 5.56 Å². The van der Waals surface area contributed by atoms with Crippen molar-refractivity contribution in [3.63, 3.8) is 0 Å². The van der Waals surface area contributed by atoms with Crippen molar-refractivity contribution in [3.05, 3.63) is 92.7 Å². The Kier molecular flexibility index (Phi) is 4.94. The van der Waals surface area contributed by atoms with E-state index in [1.165, 1.54) is 0 Å². The molecule has 1 aromatic heterocycles. The van der Waals surface area contributed by atoms with Crippen molar-refractivity contribution in [2.75, 3.05) is 13.9 Å². The summed E-state index contributed by atoms with van der Waals surface area (Å²) in [4.78, 5) is 13.8. The highest BCUT2D eigenvalue weighted by Gasteiger charge is 2.35. The van der Waals surface area contributed by atoms with E-state index < -0.39 is 5.92 Å². The zero-order valence-corrected chi connectivity index (χ0v) is 18.1. The normalized spacial score (nSPS) is 16.1. The Bertz CT molecular complexity index is 1400. The molecule has 0 amide bonds. The fourth-order valence-corrected chi connectivity index (χ4v) is 4.31. The second-order valence-corrected chi connectivity index (χ2v) is 7.80. The van der Waals surface area contributed by atoms with Crippen LogP contribution in [0.25, 0.3) is 0 Å². The summed E-state index contributed by atoms with van der Waals surface area (Å²) >= 11 is 0. The predicted molar refractivity (Wildman–Crippen MR) is 119 cm³/mol. The maximum absolute atomic E-state index is 13.8. The molecule has 166 valence electrons. The molecule has 0 aliphatic carbocycles. The first-order valence-electron chi connectivity index (χ1n) is 10.3. The Labute approximate surface area is 190 Å². The van der Waals surface area contributed by atoms with Gasteiger partial charge in [-0.15, -0.1) is 0 Å². The Balaban J connectivity index is 1.69. The zero-order chi connectivity index (χ0) is 23.1. The average Bonchev–Trinajstić information content (AvgIpc) is 3.29. The van der Waals surface area contributed by atoms with Crippen molar-refractivity contribution in [1.29, 1.82) is 5.26 Å². The Morgan fingerprint density at radius 3 is 2.73 bits per heavy atom. The summed E-state index contributed by atoms with van der Waals surface area (Å²) < 4.78 is 23.8. The van der Waals surface area contributed by atoms with Crippen molar-refractivity contribution in [1.82, 2.24) is 4.57 Å².